The second-order valence-corrected chi connectivity index (χ2v) is 5.45. The molecule has 1 aliphatic heterocycles. The van der Waals surface area contributed by atoms with Crippen LogP contribution < -0.4 is 10.1 Å². The Balaban J connectivity index is 1.81. The molecule has 2 N–H and O–H groups in total. The average Bonchev–Trinajstić information content (AvgIpc) is 3.14. The Kier molecular flexibility index (Phi) is 4.22. The van der Waals surface area contributed by atoms with Gasteiger partial charge in [-0.3, -0.25) is 4.79 Å². The molecule has 0 aliphatic carbocycles. The van der Waals surface area contributed by atoms with Crippen molar-refractivity contribution in [3.8, 4) is 5.75 Å². The third kappa shape index (κ3) is 3.21. The number of carbonyl (C=O) groups is 2. The minimum atomic E-state index is -2.94. The number of H-pyrrole nitrogens is 1. The number of rotatable bonds is 5. The number of aromatic nitrogens is 1. The summed E-state index contributed by atoms with van der Waals surface area (Å²) in [6, 6.07) is 8.28. The highest BCUT2D eigenvalue weighted by atomic mass is 19.3. The lowest BCUT2D eigenvalue weighted by molar-refractivity contribution is -0.131. The van der Waals surface area contributed by atoms with E-state index in [1.807, 2.05) is 0 Å². The smallest absolute Gasteiger partial charge is 0.387 e. The largest absolute Gasteiger partial charge is 0.435 e. The number of nitrogens with one attached hydrogen (secondary N) is 2. The minimum absolute atomic E-state index is 0.0410. The second kappa shape index (κ2) is 6.34. The summed E-state index contributed by atoms with van der Waals surface area (Å²) in [4.78, 5) is 27.6. The van der Waals surface area contributed by atoms with Crippen LogP contribution in [0.25, 0.3) is 0 Å². The normalized spacial score (nSPS) is 20.6. The molecule has 3 amide bonds. The zero-order valence-corrected chi connectivity index (χ0v) is 13.1. The Bertz CT molecular complexity index is 805. The summed E-state index contributed by atoms with van der Waals surface area (Å²) >= 11 is 0. The van der Waals surface area contributed by atoms with Gasteiger partial charge in [0.25, 0.3) is 5.91 Å². The zero-order valence-electron chi connectivity index (χ0n) is 13.1. The van der Waals surface area contributed by atoms with E-state index >= 15 is 0 Å². The number of benzene rings is 1. The first kappa shape index (κ1) is 16.6. The van der Waals surface area contributed by atoms with Gasteiger partial charge in [-0.05, 0) is 36.8 Å². The Labute approximate surface area is 141 Å². The number of hydrazone groups is 1. The van der Waals surface area contributed by atoms with Crippen LogP contribution in [0.5, 0.6) is 5.75 Å². The molecular formula is C16H14F2N4O3. The quantitative estimate of drug-likeness (QED) is 0.643. The van der Waals surface area contributed by atoms with E-state index in [1.54, 1.807) is 18.3 Å². The van der Waals surface area contributed by atoms with E-state index in [9.17, 15) is 18.4 Å². The first-order chi connectivity index (χ1) is 11.9. The summed E-state index contributed by atoms with van der Waals surface area (Å²) in [6.45, 7) is -1.42. The van der Waals surface area contributed by atoms with Crippen LogP contribution in [0.4, 0.5) is 13.6 Å². The van der Waals surface area contributed by atoms with Crippen molar-refractivity contribution in [2.45, 2.75) is 19.1 Å². The van der Waals surface area contributed by atoms with Crippen LogP contribution in [-0.2, 0) is 10.3 Å². The van der Waals surface area contributed by atoms with Crippen molar-refractivity contribution < 1.29 is 23.1 Å². The standard InChI is InChI=1S/C16H14F2N4O3/c1-16(10-4-6-12(7-5-10)25-14(17)18)13(23)22(15(24)21-16)20-9-11-3-2-8-19-11/h2-9,14,19H,1H3,(H,21,24)/t16-/m1/s1. The summed E-state index contributed by atoms with van der Waals surface area (Å²) in [5.41, 5.74) is -0.305. The van der Waals surface area contributed by atoms with E-state index in [-0.39, 0.29) is 5.75 Å². The first-order valence-electron chi connectivity index (χ1n) is 7.29. The first-order valence-corrected chi connectivity index (χ1v) is 7.29. The molecule has 3 rings (SSSR count). The molecule has 0 bridgehead atoms. The van der Waals surface area contributed by atoms with E-state index in [0.717, 1.165) is 5.01 Å². The summed E-state index contributed by atoms with van der Waals surface area (Å²) in [7, 11) is 0. The molecule has 1 aromatic heterocycles. The Morgan fingerprint density at radius 1 is 1.24 bits per heavy atom. The Morgan fingerprint density at radius 3 is 2.56 bits per heavy atom. The molecule has 1 saturated heterocycles. The van der Waals surface area contributed by atoms with Gasteiger partial charge in [0.1, 0.15) is 11.3 Å². The van der Waals surface area contributed by atoms with Crippen LogP contribution in [0, 0.1) is 0 Å². The number of nitrogens with zero attached hydrogens (tertiary/aromatic N) is 2. The highest BCUT2D eigenvalue weighted by Gasteiger charge is 2.49. The molecular weight excluding hydrogens is 334 g/mol. The number of ether oxygens (including phenoxy) is 1. The lowest BCUT2D eigenvalue weighted by Crippen LogP contribution is -2.40. The van der Waals surface area contributed by atoms with E-state index < -0.39 is 24.1 Å². The number of hydrogen-bond acceptors (Lipinski definition) is 4. The summed E-state index contributed by atoms with van der Waals surface area (Å²) in [5.74, 6) is -0.622. The molecule has 1 fully saturated rings. The van der Waals surface area contributed by atoms with Gasteiger partial charge in [-0.2, -0.15) is 13.9 Å². The lowest BCUT2D eigenvalue weighted by Gasteiger charge is -2.21. The van der Waals surface area contributed by atoms with Gasteiger partial charge in [-0.25, -0.2) is 4.79 Å². The van der Waals surface area contributed by atoms with Crippen molar-refractivity contribution in [3.63, 3.8) is 0 Å². The van der Waals surface area contributed by atoms with Gasteiger partial charge in [-0.1, -0.05) is 12.1 Å². The van der Waals surface area contributed by atoms with Gasteiger partial charge in [0.2, 0.25) is 0 Å². The van der Waals surface area contributed by atoms with Crippen molar-refractivity contribution in [2.75, 3.05) is 0 Å². The van der Waals surface area contributed by atoms with Crippen molar-refractivity contribution in [1.82, 2.24) is 15.3 Å². The number of carbonyl (C=O) groups excluding carboxylic acids is 2. The number of alkyl halides is 2. The van der Waals surface area contributed by atoms with Crippen LogP contribution in [-0.4, -0.2) is 34.8 Å². The molecule has 1 aliphatic rings. The highest BCUT2D eigenvalue weighted by Crippen LogP contribution is 2.30. The number of halogens is 2. The molecule has 7 nitrogen and oxygen atoms in total. The Hall–Kier alpha value is -3.23. The van der Waals surface area contributed by atoms with Crippen molar-refractivity contribution in [3.05, 3.63) is 53.9 Å². The molecule has 1 atom stereocenters. The number of aromatic amines is 1. The van der Waals surface area contributed by atoms with Crippen molar-refractivity contribution in [1.29, 1.82) is 0 Å². The van der Waals surface area contributed by atoms with E-state index in [0.29, 0.717) is 11.3 Å². The highest BCUT2D eigenvalue weighted by molar-refractivity contribution is 6.07. The van der Waals surface area contributed by atoms with Gasteiger partial charge >= 0.3 is 12.6 Å². The lowest BCUT2D eigenvalue weighted by atomic mass is 9.92. The predicted octanol–water partition coefficient (Wildman–Crippen LogP) is 2.42. The second-order valence-electron chi connectivity index (χ2n) is 5.45. The molecule has 9 heteroatoms. The van der Waals surface area contributed by atoms with Gasteiger partial charge in [0.15, 0.2) is 0 Å². The van der Waals surface area contributed by atoms with Gasteiger partial charge < -0.3 is 15.0 Å². The third-order valence-corrected chi connectivity index (χ3v) is 3.76. The molecule has 130 valence electrons. The van der Waals surface area contributed by atoms with Gasteiger partial charge in [-0.15, -0.1) is 5.01 Å². The molecule has 0 unspecified atom stereocenters. The number of hydrogen-bond donors (Lipinski definition) is 2. The van der Waals surface area contributed by atoms with Crippen LogP contribution in [0.3, 0.4) is 0 Å². The fraction of sp³-hybridized carbons (Fsp3) is 0.188. The van der Waals surface area contributed by atoms with E-state index in [4.69, 9.17) is 0 Å². The topological polar surface area (TPSA) is 86.8 Å². The number of amides is 3. The SMILES string of the molecule is C[C@]1(c2ccc(OC(F)F)cc2)NC(=O)N(N=Cc2ccc[nH]2)C1=O. The molecule has 25 heavy (non-hydrogen) atoms. The minimum Gasteiger partial charge on any atom is -0.435 e. The third-order valence-electron chi connectivity index (χ3n) is 3.76. The van der Waals surface area contributed by atoms with E-state index in [2.05, 4.69) is 20.1 Å². The molecule has 0 radical (unpaired) electrons. The summed E-state index contributed by atoms with van der Waals surface area (Å²) < 4.78 is 28.7. The zero-order chi connectivity index (χ0) is 18.0. The van der Waals surface area contributed by atoms with Gasteiger partial charge in [0, 0.05) is 6.20 Å². The van der Waals surface area contributed by atoms with Gasteiger partial charge in [0.05, 0.1) is 11.9 Å². The fourth-order valence-corrected chi connectivity index (χ4v) is 2.44. The molecule has 2 aromatic rings. The molecule has 0 saturated carbocycles. The predicted molar refractivity (Wildman–Crippen MR) is 84.2 cm³/mol. The van der Waals surface area contributed by atoms with Crippen LogP contribution in [0.1, 0.15) is 18.2 Å². The summed E-state index contributed by atoms with van der Waals surface area (Å²) in [6.07, 6.45) is 3.03. The van der Waals surface area contributed by atoms with Crippen LogP contribution >= 0.6 is 0 Å². The fourth-order valence-electron chi connectivity index (χ4n) is 2.44. The number of imide groups is 1. The van der Waals surface area contributed by atoms with Crippen molar-refractivity contribution in [2.24, 2.45) is 5.10 Å². The van der Waals surface area contributed by atoms with Crippen LogP contribution in [0.2, 0.25) is 0 Å². The maximum absolute atomic E-state index is 12.6. The Morgan fingerprint density at radius 2 is 1.96 bits per heavy atom. The van der Waals surface area contributed by atoms with Crippen molar-refractivity contribution >= 4 is 18.2 Å². The average molecular weight is 348 g/mol. The van der Waals surface area contributed by atoms with Crippen LogP contribution in [0.15, 0.2) is 47.7 Å². The molecule has 2 heterocycles. The molecule has 0 spiro atoms. The maximum Gasteiger partial charge on any atom is 0.387 e. The summed E-state index contributed by atoms with van der Waals surface area (Å²) in [5, 5.41) is 7.19. The maximum atomic E-state index is 12.6. The molecule has 1 aromatic carbocycles. The van der Waals surface area contributed by atoms with E-state index in [1.165, 1.54) is 37.4 Å². The monoisotopic (exact) mass is 348 g/mol. The number of urea groups is 1.